The maximum atomic E-state index is 11.2. The van der Waals surface area contributed by atoms with Gasteiger partial charge in [0.05, 0.1) is 5.41 Å². The Morgan fingerprint density at radius 3 is 2.33 bits per heavy atom. The van der Waals surface area contributed by atoms with E-state index in [2.05, 4.69) is 18.7 Å². The van der Waals surface area contributed by atoms with Gasteiger partial charge in [0.2, 0.25) is 0 Å². The molecule has 1 atom stereocenters. The van der Waals surface area contributed by atoms with E-state index in [-0.39, 0.29) is 0 Å². The molecule has 0 radical (unpaired) electrons. The monoisotopic (exact) mass is 253 g/mol. The average molecular weight is 253 g/mol. The van der Waals surface area contributed by atoms with Gasteiger partial charge < -0.3 is 10.0 Å². The lowest BCUT2D eigenvalue weighted by atomic mass is 9.73. The fourth-order valence-electron chi connectivity index (χ4n) is 3.39. The third-order valence-electron chi connectivity index (χ3n) is 5.04. The molecule has 0 bridgehead atoms. The van der Waals surface area contributed by atoms with Crippen molar-refractivity contribution in [3.05, 3.63) is 0 Å². The number of carbonyl (C=O) groups is 1. The molecule has 3 heteroatoms. The summed E-state index contributed by atoms with van der Waals surface area (Å²) in [5, 5.41) is 9.24. The predicted octanol–water partition coefficient (Wildman–Crippen LogP) is 3.00. The molecule has 2 rings (SSSR count). The molecule has 3 nitrogen and oxygen atoms in total. The van der Waals surface area contributed by atoms with E-state index in [4.69, 9.17) is 0 Å². The van der Waals surface area contributed by atoms with E-state index < -0.39 is 11.4 Å². The van der Waals surface area contributed by atoms with Gasteiger partial charge in [0.1, 0.15) is 0 Å². The van der Waals surface area contributed by atoms with Crippen molar-refractivity contribution in [3.63, 3.8) is 0 Å². The summed E-state index contributed by atoms with van der Waals surface area (Å²) in [7, 11) is 0. The second-order valence-electron chi connectivity index (χ2n) is 7.46. The maximum absolute atomic E-state index is 11.2. The van der Waals surface area contributed by atoms with E-state index in [1.807, 2.05) is 6.92 Å². The van der Waals surface area contributed by atoms with Crippen LogP contribution in [0.5, 0.6) is 0 Å². The highest BCUT2D eigenvalue weighted by atomic mass is 16.4. The van der Waals surface area contributed by atoms with Crippen LogP contribution in [-0.2, 0) is 4.79 Å². The Morgan fingerprint density at radius 1 is 1.22 bits per heavy atom. The minimum Gasteiger partial charge on any atom is -0.481 e. The summed E-state index contributed by atoms with van der Waals surface area (Å²) in [5.74, 6) is 0.156. The van der Waals surface area contributed by atoms with E-state index in [1.165, 1.54) is 25.7 Å². The lowest BCUT2D eigenvalue weighted by molar-refractivity contribution is -0.147. The first-order chi connectivity index (χ1) is 8.31. The number of aliphatic carboxylic acids is 1. The average Bonchev–Trinajstić information content (AvgIpc) is 2.65. The van der Waals surface area contributed by atoms with Crippen molar-refractivity contribution < 1.29 is 9.90 Å². The van der Waals surface area contributed by atoms with Gasteiger partial charge in [0, 0.05) is 13.1 Å². The smallest absolute Gasteiger partial charge is 0.310 e. The molecule has 0 aromatic carbocycles. The molecule has 0 spiro atoms. The van der Waals surface area contributed by atoms with Gasteiger partial charge in [-0.05, 0) is 56.9 Å². The molecule has 18 heavy (non-hydrogen) atoms. The van der Waals surface area contributed by atoms with Crippen LogP contribution in [0.4, 0.5) is 0 Å². The SMILES string of the molecule is CC1(C)CCC(CN2CCC(C)(C(=O)O)C2)CC1. The first kappa shape index (κ1) is 13.9. The molecule has 1 N–H and O–H groups in total. The number of likely N-dealkylation sites (tertiary alicyclic amines) is 1. The molecule has 1 heterocycles. The van der Waals surface area contributed by atoms with Crippen LogP contribution in [-0.4, -0.2) is 35.6 Å². The Morgan fingerprint density at radius 2 is 1.83 bits per heavy atom. The lowest BCUT2D eigenvalue weighted by Crippen LogP contribution is -2.35. The van der Waals surface area contributed by atoms with Crippen molar-refractivity contribution in [1.29, 1.82) is 0 Å². The van der Waals surface area contributed by atoms with Crippen LogP contribution >= 0.6 is 0 Å². The molecular formula is C15H27NO2. The lowest BCUT2D eigenvalue weighted by Gasteiger charge is -2.36. The second kappa shape index (κ2) is 4.84. The third-order valence-corrected chi connectivity index (χ3v) is 5.04. The second-order valence-corrected chi connectivity index (χ2v) is 7.46. The molecule has 104 valence electrons. The third kappa shape index (κ3) is 3.05. The van der Waals surface area contributed by atoms with E-state index >= 15 is 0 Å². The van der Waals surface area contributed by atoms with E-state index in [0.29, 0.717) is 5.41 Å². The highest BCUT2D eigenvalue weighted by molar-refractivity contribution is 5.74. The summed E-state index contributed by atoms with van der Waals surface area (Å²) in [5.41, 5.74) is 0.0189. The van der Waals surface area contributed by atoms with Crippen molar-refractivity contribution in [3.8, 4) is 0 Å². The molecule has 2 aliphatic rings. The van der Waals surface area contributed by atoms with Gasteiger partial charge in [-0.2, -0.15) is 0 Å². The van der Waals surface area contributed by atoms with Gasteiger partial charge in [-0.15, -0.1) is 0 Å². The van der Waals surface area contributed by atoms with Crippen LogP contribution in [0.3, 0.4) is 0 Å². The molecule has 0 aromatic heterocycles. The Balaban J connectivity index is 1.81. The maximum Gasteiger partial charge on any atom is 0.310 e. The molecule has 1 saturated carbocycles. The molecule has 0 aromatic rings. The molecule has 1 aliphatic heterocycles. The molecular weight excluding hydrogens is 226 g/mol. The standard InChI is InChI=1S/C15H27NO2/c1-14(2)6-4-12(5-7-14)10-16-9-8-15(3,11-16)13(17)18/h12H,4-11H2,1-3H3,(H,17,18). The van der Waals surface area contributed by atoms with Crippen LogP contribution in [0, 0.1) is 16.7 Å². The molecule has 1 aliphatic carbocycles. The summed E-state index contributed by atoms with van der Waals surface area (Å²) >= 11 is 0. The molecule has 1 saturated heterocycles. The van der Waals surface area contributed by atoms with Crippen molar-refractivity contribution in [2.24, 2.45) is 16.7 Å². The molecule has 2 fully saturated rings. The Bertz CT molecular complexity index is 316. The van der Waals surface area contributed by atoms with Crippen LogP contribution in [0.2, 0.25) is 0 Å². The van der Waals surface area contributed by atoms with E-state index in [9.17, 15) is 9.90 Å². The largest absolute Gasteiger partial charge is 0.481 e. The first-order valence-corrected chi connectivity index (χ1v) is 7.27. The van der Waals surface area contributed by atoms with Crippen molar-refractivity contribution in [2.75, 3.05) is 19.6 Å². The fraction of sp³-hybridized carbons (Fsp3) is 0.933. The van der Waals surface area contributed by atoms with Gasteiger partial charge in [-0.3, -0.25) is 4.79 Å². The van der Waals surface area contributed by atoms with Crippen LogP contribution < -0.4 is 0 Å². The Kier molecular flexibility index (Phi) is 3.72. The van der Waals surface area contributed by atoms with Gasteiger partial charge in [0.25, 0.3) is 0 Å². The summed E-state index contributed by atoms with van der Waals surface area (Å²) < 4.78 is 0. The Hall–Kier alpha value is -0.570. The van der Waals surface area contributed by atoms with Gasteiger partial charge in [0.15, 0.2) is 0 Å². The van der Waals surface area contributed by atoms with E-state index in [0.717, 1.165) is 32.0 Å². The number of carboxylic acids is 1. The van der Waals surface area contributed by atoms with Crippen LogP contribution in [0.1, 0.15) is 52.9 Å². The zero-order chi connectivity index (χ0) is 13.4. The zero-order valence-electron chi connectivity index (χ0n) is 12.0. The summed E-state index contributed by atoms with van der Waals surface area (Å²) in [6.45, 7) is 9.42. The fourth-order valence-corrected chi connectivity index (χ4v) is 3.39. The predicted molar refractivity (Wildman–Crippen MR) is 72.5 cm³/mol. The normalized spacial score (nSPS) is 33.7. The van der Waals surface area contributed by atoms with Crippen molar-refractivity contribution in [2.45, 2.75) is 52.9 Å². The zero-order valence-corrected chi connectivity index (χ0v) is 12.0. The summed E-state index contributed by atoms with van der Waals surface area (Å²) in [6.07, 6.45) is 6.07. The number of rotatable bonds is 3. The van der Waals surface area contributed by atoms with E-state index in [1.54, 1.807) is 0 Å². The summed E-state index contributed by atoms with van der Waals surface area (Å²) in [6, 6.07) is 0. The first-order valence-electron chi connectivity index (χ1n) is 7.27. The highest BCUT2D eigenvalue weighted by Gasteiger charge is 2.41. The number of hydrogen-bond acceptors (Lipinski definition) is 2. The minimum absolute atomic E-state index is 0.506. The van der Waals surface area contributed by atoms with Crippen LogP contribution in [0.15, 0.2) is 0 Å². The van der Waals surface area contributed by atoms with Crippen molar-refractivity contribution >= 4 is 5.97 Å². The number of nitrogens with zero attached hydrogens (tertiary/aromatic N) is 1. The topological polar surface area (TPSA) is 40.5 Å². The minimum atomic E-state index is -0.630. The van der Waals surface area contributed by atoms with Gasteiger partial charge in [-0.1, -0.05) is 13.8 Å². The molecule has 0 amide bonds. The van der Waals surface area contributed by atoms with Gasteiger partial charge in [-0.25, -0.2) is 0 Å². The Labute approximate surface area is 111 Å². The van der Waals surface area contributed by atoms with Crippen LogP contribution in [0.25, 0.3) is 0 Å². The quantitative estimate of drug-likeness (QED) is 0.840. The van der Waals surface area contributed by atoms with Crippen molar-refractivity contribution in [1.82, 2.24) is 4.90 Å². The summed E-state index contributed by atoms with van der Waals surface area (Å²) in [4.78, 5) is 13.6. The molecule has 1 unspecified atom stereocenters. The number of carboxylic acid groups (broad SMARTS) is 1. The van der Waals surface area contributed by atoms with Gasteiger partial charge >= 0.3 is 5.97 Å². The highest BCUT2D eigenvalue weighted by Crippen LogP contribution is 2.39. The number of hydrogen-bond donors (Lipinski definition) is 1.